The van der Waals surface area contributed by atoms with E-state index < -0.39 is 0 Å². The highest BCUT2D eigenvalue weighted by Gasteiger charge is 2.38. The fourth-order valence-electron chi connectivity index (χ4n) is 5.54. The molecule has 1 aromatic carbocycles. The maximum Gasteiger partial charge on any atom is 0.243 e. The van der Waals surface area contributed by atoms with Gasteiger partial charge in [-0.2, -0.15) is 0 Å². The number of piperidine rings is 2. The Morgan fingerprint density at radius 1 is 1.14 bits per heavy atom. The first kappa shape index (κ1) is 27.8. The summed E-state index contributed by atoms with van der Waals surface area (Å²) in [5.74, 6) is 0.641. The maximum absolute atomic E-state index is 14.4. The van der Waals surface area contributed by atoms with E-state index in [9.17, 15) is 9.18 Å². The van der Waals surface area contributed by atoms with Gasteiger partial charge in [-0.1, -0.05) is 6.58 Å². The molecule has 0 bridgehead atoms. The summed E-state index contributed by atoms with van der Waals surface area (Å²) in [6.07, 6.45) is 4.20. The Balaban J connectivity index is 1.05. The van der Waals surface area contributed by atoms with Gasteiger partial charge in [0, 0.05) is 37.8 Å². The second-order valence-electron chi connectivity index (χ2n) is 10.0. The summed E-state index contributed by atoms with van der Waals surface area (Å²) in [5, 5.41) is 2.65. The number of likely N-dealkylation sites (tertiary alicyclic amines) is 2. The topological polar surface area (TPSA) is 89.6 Å². The molecule has 10 heteroatoms. The predicted molar refractivity (Wildman–Crippen MR) is 137 cm³/mol. The first-order valence-corrected chi connectivity index (χ1v) is 13.3. The number of amides is 1. The van der Waals surface area contributed by atoms with Gasteiger partial charge < -0.3 is 24.4 Å². The highest BCUT2D eigenvalue weighted by Crippen LogP contribution is 2.36. The molecule has 3 heterocycles. The van der Waals surface area contributed by atoms with Crippen molar-refractivity contribution in [1.82, 2.24) is 15.1 Å². The van der Waals surface area contributed by atoms with Crippen molar-refractivity contribution in [3.8, 4) is 0 Å². The van der Waals surface area contributed by atoms with Crippen LogP contribution in [0.25, 0.3) is 11.2 Å². The van der Waals surface area contributed by atoms with E-state index >= 15 is 0 Å². The van der Waals surface area contributed by atoms with Crippen LogP contribution in [0, 0.1) is 17.7 Å². The number of benzene rings is 1. The second kappa shape index (κ2) is 14.1. The molecule has 1 amide bonds. The van der Waals surface area contributed by atoms with E-state index in [1.54, 1.807) is 6.07 Å². The normalized spacial score (nSPS) is 22.8. The summed E-state index contributed by atoms with van der Waals surface area (Å²) in [4.78, 5) is 15.9. The lowest BCUT2D eigenvalue weighted by Gasteiger charge is -2.48. The van der Waals surface area contributed by atoms with Crippen LogP contribution < -0.4 is 5.32 Å². The molecule has 2 saturated heterocycles. The molecule has 2 aliphatic rings. The van der Waals surface area contributed by atoms with Gasteiger partial charge in [-0.15, -0.1) is 0 Å². The number of likely N-dealkylation sites (N-methyl/N-ethyl adjacent to an activating group) is 1. The SMILES string of the molecule is C=CC(=O)NCCOCCOCCOCCN1CC[C@@H]2C[C@H](Cc3c(F)ccc4ooc34)CN(C)[C@H]2C1. The predicted octanol–water partition coefficient (Wildman–Crippen LogP) is 2.70. The fraction of sp³-hybridized carbons (Fsp3) is 0.667. The van der Waals surface area contributed by atoms with Gasteiger partial charge in [0.25, 0.3) is 0 Å². The van der Waals surface area contributed by atoms with Gasteiger partial charge in [0.05, 0.1) is 39.6 Å². The number of rotatable bonds is 15. The smallest absolute Gasteiger partial charge is 0.243 e. The van der Waals surface area contributed by atoms with Crippen LogP contribution in [0.2, 0.25) is 0 Å². The molecule has 0 radical (unpaired) electrons. The molecule has 1 aromatic heterocycles. The zero-order chi connectivity index (χ0) is 26.0. The fourth-order valence-corrected chi connectivity index (χ4v) is 5.54. The lowest BCUT2D eigenvalue weighted by Crippen LogP contribution is -2.56. The number of hydrogen-bond donors (Lipinski definition) is 1. The Hall–Kier alpha value is -2.24. The summed E-state index contributed by atoms with van der Waals surface area (Å²) >= 11 is 0. The zero-order valence-electron chi connectivity index (χ0n) is 21.8. The Bertz CT molecular complexity index is 994. The number of nitrogens with zero attached hydrogens (tertiary/aromatic N) is 2. The van der Waals surface area contributed by atoms with E-state index in [0.717, 1.165) is 39.0 Å². The van der Waals surface area contributed by atoms with E-state index in [-0.39, 0.29) is 11.7 Å². The molecule has 4 rings (SSSR count). The van der Waals surface area contributed by atoms with E-state index in [1.165, 1.54) is 12.1 Å². The monoisotopic (exact) mass is 521 g/mol. The van der Waals surface area contributed by atoms with Gasteiger partial charge in [0.15, 0.2) is 0 Å². The van der Waals surface area contributed by atoms with Crippen molar-refractivity contribution in [1.29, 1.82) is 0 Å². The standard InChI is InChI=1S/C27H40FN3O6/c1-3-26(32)29-7-10-33-12-14-35-15-13-34-11-9-31-8-6-21-16-20(18-30(2)24(21)19-31)17-22-23(28)4-5-25-27(22)37-36-25/h3-5,20-21,24H,1,6-19H2,2H3,(H,29,32)/t20-,21-,24+/m1/s1. The van der Waals surface area contributed by atoms with Crippen LogP contribution in [0.1, 0.15) is 18.4 Å². The molecular weight excluding hydrogens is 481 g/mol. The summed E-state index contributed by atoms with van der Waals surface area (Å²) < 4.78 is 41.1. The van der Waals surface area contributed by atoms with Gasteiger partial charge in [-0.05, 0) is 62.9 Å². The number of carbonyl (C=O) groups is 1. The molecule has 0 aliphatic carbocycles. The number of ether oxygens (including phenoxy) is 3. The van der Waals surface area contributed by atoms with Crippen molar-refractivity contribution in [3.05, 3.63) is 36.2 Å². The van der Waals surface area contributed by atoms with Gasteiger partial charge in [-0.3, -0.25) is 18.8 Å². The second-order valence-corrected chi connectivity index (χ2v) is 10.0. The van der Waals surface area contributed by atoms with Gasteiger partial charge >= 0.3 is 0 Å². The Morgan fingerprint density at radius 2 is 1.89 bits per heavy atom. The largest absolute Gasteiger partial charge is 0.378 e. The highest BCUT2D eigenvalue weighted by molar-refractivity contribution is 5.86. The lowest BCUT2D eigenvalue weighted by atomic mass is 9.77. The van der Waals surface area contributed by atoms with Crippen LogP contribution in [-0.2, 0) is 25.4 Å². The van der Waals surface area contributed by atoms with Crippen molar-refractivity contribution in [3.63, 3.8) is 0 Å². The van der Waals surface area contributed by atoms with Gasteiger partial charge in [0.2, 0.25) is 17.1 Å². The molecule has 2 aliphatic heterocycles. The van der Waals surface area contributed by atoms with Crippen LogP contribution in [0.3, 0.4) is 0 Å². The Kier molecular flexibility index (Phi) is 10.6. The molecule has 206 valence electrons. The van der Waals surface area contributed by atoms with Crippen molar-refractivity contribution >= 4 is 17.1 Å². The molecule has 2 aromatic rings. The average Bonchev–Trinajstić information content (AvgIpc) is 2.87. The zero-order valence-corrected chi connectivity index (χ0v) is 21.8. The molecule has 0 unspecified atom stereocenters. The summed E-state index contributed by atoms with van der Waals surface area (Å²) in [6.45, 7) is 11.1. The number of halogens is 1. The summed E-state index contributed by atoms with van der Waals surface area (Å²) in [7, 11) is 2.20. The first-order valence-electron chi connectivity index (χ1n) is 13.3. The minimum absolute atomic E-state index is 0.198. The Labute approximate surface area is 217 Å². The molecular formula is C27H40FN3O6. The first-order chi connectivity index (χ1) is 18.0. The van der Waals surface area contributed by atoms with Gasteiger partial charge in [-0.25, -0.2) is 4.39 Å². The van der Waals surface area contributed by atoms with E-state index in [2.05, 4.69) is 28.7 Å². The summed E-state index contributed by atoms with van der Waals surface area (Å²) in [5.41, 5.74) is 1.86. The molecule has 0 spiro atoms. The number of nitrogens with one attached hydrogen (secondary N) is 1. The third-order valence-electron chi connectivity index (χ3n) is 7.46. The highest BCUT2D eigenvalue weighted by atomic mass is 19.1. The molecule has 37 heavy (non-hydrogen) atoms. The number of carbonyl (C=O) groups excluding carboxylic acids is 1. The molecule has 0 saturated carbocycles. The lowest BCUT2D eigenvalue weighted by molar-refractivity contribution is -0.116. The average molecular weight is 522 g/mol. The third kappa shape index (κ3) is 7.87. The minimum Gasteiger partial charge on any atom is -0.378 e. The van der Waals surface area contributed by atoms with Crippen LogP contribution in [-0.4, -0.2) is 101 Å². The third-order valence-corrected chi connectivity index (χ3v) is 7.46. The minimum atomic E-state index is -0.202. The van der Waals surface area contributed by atoms with Crippen molar-refractivity contribution in [2.24, 2.45) is 11.8 Å². The molecule has 1 N–H and O–H groups in total. The quantitative estimate of drug-likeness (QED) is 0.217. The Morgan fingerprint density at radius 3 is 2.62 bits per heavy atom. The van der Waals surface area contributed by atoms with Crippen molar-refractivity contribution < 1.29 is 32.5 Å². The van der Waals surface area contributed by atoms with Crippen molar-refractivity contribution in [2.75, 3.05) is 79.4 Å². The van der Waals surface area contributed by atoms with Gasteiger partial charge in [0.1, 0.15) is 5.82 Å². The molecule has 3 atom stereocenters. The number of fused-ring (bicyclic) bond motifs is 2. The number of hydrogen-bond acceptors (Lipinski definition) is 8. The van der Waals surface area contributed by atoms with Crippen LogP contribution in [0.4, 0.5) is 4.39 Å². The maximum atomic E-state index is 14.4. The van der Waals surface area contributed by atoms with Crippen LogP contribution in [0.5, 0.6) is 0 Å². The van der Waals surface area contributed by atoms with E-state index in [1.807, 2.05) is 0 Å². The van der Waals surface area contributed by atoms with Crippen LogP contribution in [0.15, 0.2) is 33.9 Å². The summed E-state index contributed by atoms with van der Waals surface area (Å²) in [6, 6.07) is 3.63. The molecule has 2 fully saturated rings. The van der Waals surface area contributed by atoms with Crippen LogP contribution >= 0.6 is 0 Å². The van der Waals surface area contributed by atoms with Crippen molar-refractivity contribution in [2.45, 2.75) is 25.3 Å². The van der Waals surface area contributed by atoms with E-state index in [0.29, 0.717) is 87.2 Å². The van der Waals surface area contributed by atoms with E-state index in [4.69, 9.17) is 23.4 Å². The molecule has 9 nitrogen and oxygen atoms in total.